The summed E-state index contributed by atoms with van der Waals surface area (Å²) in [7, 11) is -2.11. The lowest BCUT2D eigenvalue weighted by molar-refractivity contribution is 0.0912. The molecule has 1 aliphatic heterocycles. The Labute approximate surface area is 180 Å². The Morgan fingerprint density at radius 3 is 2.47 bits per heavy atom. The molecule has 0 unspecified atom stereocenters. The van der Waals surface area contributed by atoms with Crippen LogP contribution in [0, 0.1) is 17.8 Å². The molecular formula is C23H34N2O4S. The van der Waals surface area contributed by atoms with Crippen molar-refractivity contribution < 1.29 is 17.9 Å². The van der Waals surface area contributed by atoms with Gasteiger partial charge in [0, 0.05) is 19.1 Å². The normalized spacial score (nSPS) is 28.1. The standard InChI is InChI=1S/C23H34N2O4S/c1-16(20-14-17-7-8-18(20)13-17)24-23(26)21-15-19(9-10-22(21)29-2)30(27,28)25-11-5-3-4-6-12-25/h9-10,15-18,20H,3-8,11-14H2,1-2H3,(H,24,26)/t16-,17+,18+,20-/m0/s1. The van der Waals surface area contributed by atoms with Crippen molar-refractivity contribution in [3.05, 3.63) is 23.8 Å². The molecule has 4 atom stereocenters. The van der Waals surface area contributed by atoms with Crippen molar-refractivity contribution in [2.24, 2.45) is 17.8 Å². The van der Waals surface area contributed by atoms with Gasteiger partial charge in [-0.2, -0.15) is 4.31 Å². The zero-order valence-electron chi connectivity index (χ0n) is 18.1. The van der Waals surface area contributed by atoms with E-state index in [2.05, 4.69) is 12.2 Å². The van der Waals surface area contributed by atoms with Crippen LogP contribution in [0.15, 0.2) is 23.1 Å². The number of hydrogen-bond acceptors (Lipinski definition) is 4. The summed E-state index contributed by atoms with van der Waals surface area (Å²) in [5.74, 6) is 2.19. The predicted molar refractivity (Wildman–Crippen MR) is 116 cm³/mol. The van der Waals surface area contributed by atoms with Gasteiger partial charge in [-0.05, 0) is 75.0 Å². The predicted octanol–water partition coefficient (Wildman–Crippen LogP) is 3.81. The molecule has 1 amide bonds. The van der Waals surface area contributed by atoms with E-state index in [9.17, 15) is 13.2 Å². The number of rotatable bonds is 6. The Kier molecular flexibility index (Phi) is 6.39. The molecule has 0 spiro atoms. The third-order valence-electron chi connectivity index (χ3n) is 7.41. The van der Waals surface area contributed by atoms with Crippen LogP contribution in [-0.4, -0.2) is 44.9 Å². The largest absolute Gasteiger partial charge is 0.496 e. The fraction of sp³-hybridized carbons (Fsp3) is 0.696. The van der Waals surface area contributed by atoms with Crippen molar-refractivity contribution in [1.29, 1.82) is 0 Å². The molecule has 2 saturated carbocycles. The third kappa shape index (κ3) is 4.24. The molecule has 1 heterocycles. The van der Waals surface area contributed by atoms with Gasteiger partial charge < -0.3 is 10.1 Å². The van der Waals surface area contributed by atoms with Crippen LogP contribution in [0.1, 0.15) is 68.6 Å². The molecule has 1 aromatic carbocycles. The molecule has 7 heteroatoms. The van der Waals surface area contributed by atoms with Gasteiger partial charge in [-0.1, -0.05) is 19.3 Å². The highest BCUT2D eigenvalue weighted by Crippen LogP contribution is 2.49. The van der Waals surface area contributed by atoms with Crippen molar-refractivity contribution in [2.45, 2.75) is 69.2 Å². The average molecular weight is 435 g/mol. The van der Waals surface area contributed by atoms with Crippen molar-refractivity contribution in [3.8, 4) is 5.75 Å². The maximum atomic E-state index is 13.2. The van der Waals surface area contributed by atoms with E-state index in [1.807, 2.05) is 0 Å². The molecular weight excluding hydrogens is 400 g/mol. The second kappa shape index (κ2) is 8.87. The monoisotopic (exact) mass is 434 g/mol. The van der Waals surface area contributed by atoms with E-state index in [-0.39, 0.29) is 16.8 Å². The fourth-order valence-electron chi connectivity index (χ4n) is 5.75. The van der Waals surface area contributed by atoms with Gasteiger partial charge in [-0.3, -0.25) is 4.79 Å². The summed E-state index contributed by atoms with van der Waals surface area (Å²) < 4.78 is 33.3. The maximum Gasteiger partial charge on any atom is 0.255 e. The summed E-state index contributed by atoms with van der Waals surface area (Å²) in [6.45, 7) is 3.15. The Hall–Kier alpha value is -1.60. The first-order chi connectivity index (χ1) is 14.4. The number of sulfonamides is 1. The van der Waals surface area contributed by atoms with Crippen molar-refractivity contribution in [1.82, 2.24) is 9.62 Å². The number of carbonyl (C=O) groups excluding carboxylic acids is 1. The van der Waals surface area contributed by atoms with Crippen LogP contribution >= 0.6 is 0 Å². The highest BCUT2D eigenvalue weighted by atomic mass is 32.2. The van der Waals surface area contributed by atoms with Crippen molar-refractivity contribution in [3.63, 3.8) is 0 Å². The quantitative estimate of drug-likeness (QED) is 0.739. The van der Waals surface area contributed by atoms with E-state index < -0.39 is 10.0 Å². The van der Waals surface area contributed by atoms with Crippen LogP contribution < -0.4 is 10.1 Å². The number of amides is 1. The van der Waals surface area contributed by atoms with E-state index in [0.29, 0.717) is 36.2 Å². The Morgan fingerprint density at radius 1 is 1.13 bits per heavy atom. The lowest BCUT2D eigenvalue weighted by Gasteiger charge is -2.28. The van der Waals surface area contributed by atoms with Crippen LogP contribution in [0.25, 0.3) is 0 Å². The van der Waals surface area contributed by atoms with Gasteiger partial charge >= 0.3 is 0 Å². The van der Waals surface area contributed by atoms with E-state index >= 15 is 0 Å². The van der Waals surface area contributed by atoms with Gasteiger partial charge in [0.1, 0.15) is 5.75 Å². The summed E-state index contributed by atoms with van der Waals surface area (Å²) in [5, 5.41) is 3.14. The molecule has 1 saturated heterocycles. The topological polar surface area (TPSA) is 75.7 Å². The molecule has 1 N–H and O–H groups in total. The molecule has 0 radical (unpaired) electrons. The lowest BCUT2D eigenvalue weighted by atomic mass is 9.84. The maximum absolute atomic E-state index is 13.2. The molecule has 3 fully saturated rings. The second-order valence-electron chi connectivity index (χ2n) is 9.28. The molecule has 6 nitrogen and oxygen atoms in total. The van der Waals surface area contributed by atoms with E-state index in [4.69, 9.17) is 4.74 Å². The fourth-order valence-corrected chi connectivity index (χ4v) is 7.30. The zero-order chi connectivity index (χ0) is 21.3. The summed E-state index contributed by atoms with van der Waals surface area (Å²) in [4.78, 5) is 13.3. The second-order valence-corrected chi connectivity index (χ2v) is 11.2. The molecule has 0 aromatic heterocycles. The van der Waals surface area contributed by atoms with E-state index in [1.165, 1.54) is 38.9 Å². The Balaban J connectivity index is 1.54. The van der Waals surface area contributed by atoms with Crippen LogP contribution in [0.4, 0.5) is 0 Å². The number of nitrogens with zero attached hydrogens (tertiary/aromatic N) is 1. The lowest BCUT2D eigenvalue weighted by Crippen LogP contribution is -2.40. The molecule has 2 bridgehead atoms. The van der Waals surface area contributed by atoms with E-state index in [0.717, 1.165) is 31.6 Å². The number of ether oxygens (including phenoxy) is 1. The minimum Gasteiger partial charge on any atom is -0.496 e. The molecule has 166 valence electrons. The van der Waals surface area contributed by atoms with Gasteiger partial charge in [-0.25, -0.2) is 8.42 Å². The number of carbonyl (C=O) groups is 1. The summed E-state index contributed by atoms with van der Waals surface area (Å²) in [6, 6.07) is 4.71. The molecule has 2 aliphatic carbocycles. The Morgan fingerprint density at radius 2 is 1.87 bits per heavy atom. The molecule has 3 aliphatic rings. The Bertz CT molecular complexity index is 877. The molecule has 1 aromatic rings. The number of benzene rings is 1. The first-order valence-electron chi connectivity index (χ1n) is 11.4. The third-order valence-corrected chi connectivity index (χ3v) is 9.31. The molecule has 30 heavy (non-hydrogen) atoms. The number of methoxy groups -OCH3 is 1. The SMILES string of the molecule is COc1ccc(S(=O)(=O)N2CCCCCC2)cc1C(=O)N[C@@H](C)[C@@H]1C[C@@H]2CC[C@@H]1C2. The van der Waals surface area contributed by atoms with Gasteiger partial charge in [0.25, 0.3) is 5.91 Å². The van der Waals surface area contributed by atoms with Crippen LogP contribution in [-0.2, 0) is 10.0 Å². The van der Waals surface area contributed by atoms with E-state index in [1.54, 1.807) is 16.4 Å². The van der Waals surface area contributed by atoms with Crippen molar-refractivity contribution >= 4 is 15.9 Å². The highest BCUT2D eigenvalue weighted by Gasteiger charge is 2.42. The van der Waals surface area contributed by atoms with Gasteiger partial charge in [0.05, 0.1) is 17.6 Å². The van der Waals surface area contributed by atoms with Gasteiger partial charge in [-0.15, -0.1) is 0 Å². The smallest absolute Gasteiger partial charge is 0.255 e. The minimum absolute atomic E-state index is 0.0726. The highest BCUT2D eigenvalue weighted by molar-refractivity contribution is 7.89. The first-order valence-corrected chi connectivity index (χ1v) is 12.8. The van der Waals surface area contributed by atoms with Gasteiger partial charge in [0.15, 0.2) is 0 Å². The summed E-state index contributed by atoms with van der Waals surface area (Å²) in [5.41, 5.74) is 0.295. The first kappa shape index (κ1) is 21.6. The van der Waals surface area contributed by atoms with Gasteiger partial charge in [0.2, 0.25) is 10.0 Å². The summed E-state index contributed by atoms with van der Waals surface area (Å²) >= 11 is 0. The van der Waals surface area contributed by atoms with Crippen LogP contribution in [0.5, 0.6) is 5.75 Å². The molecule has 4 rings (SSSR count). The number of hydrogen-bond donors (Lipinski definition) is 1. The van der Waals surface area contributed by atoms with Crippen molar-refractivity contribution in [2.75, 3.05) is 20.2 Å². The minimum atomic E-state index is -3.62. The summed E-state index contributed by atoms with van der Waals surface area (Å²) in [6.07, 6.45) is 8.94. The zero-order valence-corrected chi connectivity index (χ0v) is 18.9. The van der Waals surface area contributed by atoms with Crippen LogP contribution in [0.3, 0.4) is 0 Å². The van der Waals surface area contributed by atoms with Crippen LogP contribution in [0.2, 0.25) is 0 Å². The average Bonchev–Trinajstić information content (AvgIpc) is 3.27. The number of nitrogens with one attached hydrogen (secondary N) is 1. The number of fused-ring (bicyclic) bond motifs is 2.